The number of primary amides is 1. The van der Waals surface area contributed by atoms with Crippen molar-refractivity contribution >= 4 is 18.3 Å². The highest BCUT2D eigenvalue weighted by molar-refractivity contribution is 5.97. The van der Waals surface area contributed by atoms with Crippen LogP contribution in [0.25, 0.3) is 11.3 Å². The average Bonchev–Trinajstić information content (AvgIpc) is 2.96. The first-order valence-electron chi connectivity index (χ1n) is 7.48. The Bertz CT molecular complexity index is 722. The number of ether oxygens (including phenoxy) is 1. The predicted octanol–water partition coefficient (Wildman–Crippen LogP) is 1.69. The fourth-order valence-corrected chi connectivity index (χ4v) is 2.64. The molecule has 0 unspecified atom stereocenters. The predicted molar refractivity (Wildman–Crippen MR) is 91.2 cm³/mol. The fourth-order valence-electron chi connectivity index (χ4n) is 2.64. The summed E-state index contributed by atoms with van der Waals surface area (Å²) >= 11 is 0. The van der Waals surface area contributed by atoms with Gasteiger partial charge in [-0.3, -0.25) is 4.79 Å². The topological polar surface area (TPSA) is 82.2 Å². The van der Waals surface area contributed by atoms with Gasteiger partial charge in [-0.1, -0.05) is 0 Å². The Hall–Kier alpha value is -2.12. The summed E-state index contributed by atoms with van der Waals surface area (Å²) in [5.74, 6) is -0.297. The molecule has 6 nitrogen and oxygen atoms in total. The second kappa shape index (κ2) is 7.63. The molecule has 24 heavy (non-hydrogen) atoms. The molecule has 8 heteroatoms. The highest BCUT2D eigenvalue weighted by Crippen LogP contribution is 2.28. The van der Waals surface area contributed by atoms with E-state index in [0.717, 1.165) is 11.3 Å². The van der Waals surface area contributed by atoms with Crippen molar-refractivity contribution in [2.24, 2.45) is 12.8 Å². The van der Waals surface area contributed by atoms with Crippen LogP contribution in [-0.2, 0) is 7.05 Å². The number of hydrogen-bond acceptors (Lipinski definition) is 4. The summed E-state index contributed by atoms with van der Waals surface area (Å²) in [5, 5.41) is 2.96. The summed E-state index contributed by atoms with van der Waals surface area (Å²) in [5.41, 5.74) is 7.18. The highest BCUT2D eigenvalue weighted by Gasteiger charge is 2.27. The summed E-state index contributed by atoms with van der Waals surface area (Å²) in [6, 6.07) is 5.07. The SMILES string of the molecule is Cl.Cn1cnc(-c2ccc(O[C@@H]3CCNC[C@@H]3F)c(C(N)=O)c2)c1. The van der Waals surface area contributed by atoms with Crippen molar-refractivity contribution in [3.63, 3.8) is 0 Å². The van der Waals surface area contributed by atoms with Crippen LogP contribution in [0.1, 0.15) is 16.8 Å². The van der Waals surface area contributed by atoms with Crippen LogP contribution in [0, 0.1) is 0 Å². The Kier molecular flexibility index (Phi) is 5.80. The van der Waals surface area contributed by atoms with E-state index in [0.29, 0.717) is 18.7 Å². The Labute approximate surface area is 145 Å². The minimum atomic E-state index is -1.11. The van der Waals surface area contributed by atoms with Gasteiger partial charge in [0.15, 0.2) is 0 Å². The standard InChI is InChI=1S/C16H19FN4O2.ClH/c1-21-8-13(20-9-21)10-2-3-14(11(6-10)16(18)22)23-15-4-5-19-7-12(15)17;/h2-3,6,8-9,12,15,19H,4-5,7H2,1H3,(H2,18,22);1H/t12-,15+;/m0./s1. The van der Waals surface area contributed by atoms with E-state index < -0.39 is 18.2 Å². The highest BCUT2D eigenvalue weighted by atomic mass is 35.5. The normalized spacial score (nSPS) is 20.2. The smallest absolute Gasteiger partial charge is 0.252 e. The number of nitrogens with zero attached hydrogens (tertiary/aromatic N) is 2. The maximum atomic E-state index is 13.9. The van der Waals surface area contributed by atoms with Crippen LogP contribution < -0.4 is 15.8 Å². The molecule has 3 N–H and O–H groups in total. The number of amides is 1. The third kappa shape index (κ3) is 3.85. The number of benzene rings is 1. The molecule has 0 bridgehead atoms. The molecule has 0 aliphatic carbocycles. The lowest BCUT2D eigenvalue weighted by Crippen LogP contribution is -2.44. The van der Waals surface area contributed by atoms with Gasteiger partial charge in [0.25, 0.3) is 5.91 Å². The number of alkyl halides is 1. The number of rotatable bonds is 4. The number of carbonyl (C=O) groups is 1. The molecule has 1 aliphatic heterocycles. The average molecular weight is 355 g/mol. The van der Waals surface area contributed by atoms with E-state index in [2.05, 4.69) is 10.3 Å². The van der Waals surface area contributed by atoms with E-state index >= 15 is 0 Å². The molecule has 2 atom stereocenters. The monoisotopic (exact) mass is 354 g/mol. The van der Waals surface area contributed by atoms with Gasteiger partial charge in [-0.25, -0.2) is 9.37 Å². The van der Waals surface area contributed by atoms with Crippen molar-refractivity contribution < 1.29 is 13.9 Å². The van der Waals surface area contributed by atoms with Crippen molar-refractivity contribution in [3.8, 4) is 17.0 Å². The number of carbonyl (C=O) groups excluding carboxylic acids is 1. The molecule has 1 amide bonds. The van der Waals surface area contributed by atoms with Gasteiger partial charge in [0.2, 0.25) is 0 Å². The van der Waals surface area contributed by atoms with Gasteiger partial charge >= 0.3 is 0 Å². The van der Waals surface area contributed by atoms with Gasteiger partial charge in [0.1, 0.15) is 18.0 Å². The molecule has 3 rings (SSSR count). The summed E-state index contributed by atoms with van der Waals surface area (Å²) in [6.45, 7) is 0.936. The molecule has 1 aliphatic rings. The molecule has 2 aromatic rings. The van der Waals surface area contributed by atoms with Crippen LogP contribution in [0.2, 0.25) is 0 Å². The molecule has 0 spiro atoms. The summed E-state index contributed by atoms with van der Waals surface area (Å²) in [4.78, 5) is 16.0. The van der Waals surface area contributed by atoms with Gasteiger partial charge in [-0.15, -0.1) is 12.4 Å². The van der Waals surface area contributed by atoms with Crippen LogP contribution in [0.4, 0.5) is 4.39 Å². The Morgan fingerprint density at radius 3 is 2.92 bits per heavy atom. The van der Waals surface area contributed by atoms with Crippen molar-refractivity contribution in [3.05, 3.63) is 36.3 Å². The second-order valence-electron chi connectivity index (χ2n) is 5.66. The lowest BCUT2D eigenvalue weighted by molar-refractivity contribution is 0.0713. The van der Waals surface area contributed by atoms with Crippen LogP contribution in [0.15, 0.2) is 30.7 Å². The van der Waals surface area contributed by atoms with Gasteiger partial charge in [0.05, 0.1) is 17.6 Å². The van der Waals surface area contributed by atoms with Crippen LogP contribution in [-0.4, -0.2) is 40.8 Å². The van der Waals surface area contributed by atoms with Gasteiger partial charge in [-0.05, 0) is 31.2 Å². The molecule has 0 radical (unpaired) electrons. The summed E-state index contributed by atoms with van der Waals surface area (Å²) in [7, 11) is 1.86. The number of hydrogen-bond donors (Lipinski definition) is 2. The molecule has 130 valence electrons. The minimum absolute atomic E-state index is 0. The maximum Gasteiger partial charge on any atom is 0.252 e. The number of nitrogens with two attached hydrogens (primary N) is 1. The number of piperidine rings is 1. The first kappa shape index (κ1) is 18.2. The number of aromatic nitrogens is 2. The summed E-state index contributed by atoms with van der Waals surface area (Å²) in [6.07, 6.45) is 2.37. The zero-order valence-corrected chi connectivity index (χ0v) is 14.1. The second-order valence-corrected chi connectivity index (χ2v) is 5.66. The Morgan fingerprint density at radius 1 is 1.50 bits per heavy atom. The maximum absolute atomic E-state index is 13.9. The number of halogens is 2. The molecule has 2 heterocycles. The molecule has 0 saturated carbocycles. The molecular formula is C16H20ClFN4O2. The number of imidazole rings is 1. The number of aryl methyl sites for hydroxylation is 1. The zero-order chi connectivity index (χ0) is 16.4. The van der Waals surface area contributed by atoms with E-state index in [1.54, 1.807) is 24.5 Å². The number of nitrogens with one attached hydrogen (secondary N) is 1. The minimum Gasteiger partial charge on any atom is -0.486 e. The Morgan fingerprint density at radius 2 is 2.29 bits per heavy atom. The Balaban J connectivity index is 0.00000208. The van der Waals surface area contributed by atoms with E-state index in [4.69, 9.17) is 10.5 Å². The lowest BCUT2D eigenvalue weighted by atomic mass is 10.1. The molecule has 1 aromatic carbocycles. The van der Waals surface area contributed by atoms with Crippen molar-refractivity contribution in [2.45, 2.75) is 18.7 Å². The summed E-state index contributed by atoms with van der Waals surface area (Å²) < 4.78 is 21.4. The van der Waals surface area contributed by atoms with Gasteiger partial charge < -0.3 is 20.4 Å². The molecular weight excluding hydrogens is 335 g/mol. The van der Waals surface area contributed by atoms with Gasteiger partial charge in [-0.2, -0.15) is 0 Å². The largest absolute Gasteiger partial charge is 0.486 e. The third-order valence-corrected chi connectivity index (χ3v) is 3.87. The van der Waals surface area contributed by atoms with Crippen molar-refractivity contribution in [1.29, 1.82) is 0 Å². The van der Waals surface area contributed by atoms with E-state index in [-0.39, 0.29) is 24.5 Å². The molecule has 1 saturated heterocycles. The first-order valence-corrected chi connectivity index (χ1v) is 7.48. The van der Waals surface area contributed by atoms with E-state index in [9.17, 15) is 9.18 Å². The van der Waals surface area contributed by atoms with Crippen LogP contribution in [0.5, 0.6) is 5.75 Å². The van der Waals surface area contributed by atoms with Crippen molar-refractivity contribution in [2.75, 3.05) is 13.1 Å². The fraction of sp³-hybridized carbons (Fsp3) is 0.375. The first-order chi connectivity index (χ1) is 11.0. The van der Waals surface area contributed by atoms with Crippen molar-refractivity contribution in [1.82, 2.24) is 14.9 Å². The van der Waals surface area contributed by atoms with Crippen LogP contribution >= 0.6 is 12.4 Å². The van der Waals surface area contributed by atoms with E-state index in [1.807, 2.05) is 17.8 Å². The third-order valence-electron chi connectivity index (χ3n) is 3.87. The van der Waals surface area contributed by atoms with E-state index in [1.165, 1.54) is 0 Å². The van der Waals surface area contributed by atoms with Gasteiger partial charge in [0, 0.05) is 25.4 Å². The molecule has 1 fully saturated rings. The quantitative estimate of drug-likeness (QED) is 0.875. The van der Waals surface area contributed by atoms with Crippen LogP contribution in [0.3, 0.4) is 0 Å². The zero-order valence-electron chi connectivity index (χ0n) is 13.2. The molecule has 1 aromatic heterocycles. The lowest BCUT2D eigenvalue weighted by Gasteiger charge is -2.28.